The predicted octanol–water partition coefficient (Wildman–Crippen LogP) is 10.4. The van der Waals surface area contributed by atoms with Gasteiger partial charge in [0.1, 0.15) is 22.9 Å². The Bertz CT molecular complexity index is 1580. The standard InChI is InChI=1S/C31H20F10O2/c1-2-3-17-4-6-18(7-5-17)19-8-10-20(11-9-19)21-12-23(32)28(24(33)13-21)31(40,41)42-22-14-25(34)29(26(35)15-22)43-30(38,39)16-27(36)37/h4-16H,2-3H2,1H3. The van der Waals surface area contributed by atoms with Gasteiger partial charge in [-0.2, -0.15) is 26.3 Å². The second-order valence-electron chi connectivity index (χ2n) is 9.27. The Balaban J connectivity index is 1.56. The molecule has 4 aromatic carbocycles. The van der Waals surface area contributed by atoms with Gasteiger partial charge in [0.05, 0.1) is 6.08 Å². The molecule has 0 aliphatic heterocycles. The fraction of sp³-hybridized carbons (Fsp3) is 0.161. The maximum Gasteiger partial charge on any atom is 0.432 e. The van der Waals surface area contributed by atoms with E-state index in [0.717, 1.165) is 24.0 Å². The number of rotatable bonds is 10. The van der Waals surface area contributed by atoms with E-state index in [-0.39, 0.29) is 17.7 Å². The summed E-state index contributed by atoms with van der Waals surface area (Å²) in [5, 5.41) is 0. The van der Waals surface area contributed by atoms with Crippen LogP contribution in [0.3, 0.4) is 0 Å². The highest BCUT2D eigenvalue weighted by Crippen LogP contribution is 2.39. The summed E-state index contributed by atoms with van der Waals surface area (Å²) in [5.41, 5.74) is 1.16. The van der Waals surface area contributed by atoms with Crippen LogP contribution in [0.4, 0.5) is 43.9 Å². The Morgan fingerprint density at radius 3 is 1.58 bits per heavy atom. The van der Waals surface area contributed by atoms with Crippen molar-refractivity contribution in [2.45, 2.75) is 32.0 Å². The van der Waals surface area contributed by atoms with Gasteiger partial charge in [-0.25, -0.2) is 17.6 Å². The fourth-order valence-corrected chi connectivity index (χ4v) is 4.21. The number of ether oxygens (including phenoxy) is 2. The molecule has 0 aliphatic carbocycles. The van der Waals surface area contributed by atoms with Crippen molar-refractivity contribution < 1.29 is 53.4 Å². The van der Waals surface area contributed by atoms with Gasteiger partial charge < -0.3 is 9.47 Å². The van der Waals surface area contributed by atoms with Gasteiger partial charge in [-0.05, 0) is 46.4 Å². The molecule has 0 saturated carbocycles. The van der Waals surface area contributed by atoms with E-state index in [0.29, 0.717) is 17.7 Å². The monoisotopic (exact) mass is 614 g/mol. The molecule has 0 saturated heterocycles. The lowest BCUT2D eigenvalue weighted by Gasteiger charge is -2.21. The Morgan fingerprint density at radius 1 is 0.651 bits per heavy atom. The van der Waals surface area contributed by atoms with Crippen LogP contribution in [-0.4, -0.2) is 6.11 Å². The molecule has 2 nitrogen and oxygen atoms in total. The summed E-state index contributed by atoms with van der Waals surface area (Å²) in [6.45, 7) is 2.06. The molecule has 0 radical (unpaired) electrons. The molecule has 4 rings (SSSR count). The third kappa shape index (κ3) is 7.49. The minimum atomic E-state index is -4.86. The molecule has 4 aromatic rings. The molecule has 0 aliphatic rings. The third-order valence-electron chi connectivity index (χ3n) is 6.11. The van der Waals surface area contributed by atoms with Gasteiger partial charge in [-0.1, -0.05) is 61.9 Å². The maximum absolute atomic E-state index is 14.8. The minimum absolute atomic E-state index is 0.0546. The first-order chi connectivity index (χ1) is 20.2. The minimum Gasteiger partial charge on any atom is -0.429 e. The summed E-state index contributed by atoms with van der Waals surface area (Å²) in [6, 6.07) is 15.4. The summed E-state index contributed by atoms with van der Waals surface area (Å²) < 4.78 is 146. The van der Waals surface area contributed by atoms with Gasteiger partial charge >= 0.3 is 12.2 Å². The van der Waals surface area contributed by atoms with E-state index in [1.54, 1.807) is 12.1 Å². The summed E-state index contributed by atoms with van der Waals surface area (Å²) in [7, 11) is 0. The normalized spacial score (nSPS) is 11.8. The molecule has 0 aromatic heterocycles. The summed E-state index contributed by atoms with van der Waals surface area (Å²) in [6.07, 6.45) is -11.7. The quantitative estimate of drug-likeness (QED) is 0.166. The van der Waals surface area contributed by atoms with Crippen LogP contribution >= 0.6 is 0 Å². The zero-order valence-electron chi connectivity index (χ0n) is 22.0. The highest BCUT2D eigenvalue weighted by molar-refractivity contribution is 5.71. The van der Waals surface area contributed by atoms with Gasteiger partial charge in [0.2, 0.25) is 0 Å². The molecule has 0 N–H and O–H groups in total. The van der Waals surface area contributed by atoms with Crippen molar-refractivity contribution in [1.29, 1.82) is 0 Å². The van der Waals surface area contributed by atoms with Crippen LogP contribution in [0.2, 0.25) is 0 Å². The number of alkyl halides is 4. The van der Waals surface area contributed by atoms with Gasteiger partial charge in [-0.3, -0.25) is 0 Å². The number of hydrogen-bond donors (Lipinski definition) is 0. The molecule has 0 atom stereocenters. The molecule has 0 bridgehead atoms. The largest absolute Gasteiger partial charge is 0.432 e. The van der Waals surface area contributed by atoms with Crippen LogP contribution in [0.15, 0.2) is 85.0 Å². The third-order valence-corrected chi connectivity index (χ3v) is 6.11. The SMILES string of the molecule is CCCc1ccc(-c2ccc(-c3cc(F)c(C(F)(F)Oc4cc(F)c(OC(F)(F)C=C(F)F)c(F)c4)c(F)c3)cc2)cc1. The van der Waals surface area contributed by atoms with E-state index in [4.69, 9.17) is 0 Å². The molecule has 12 heteroatoms. The van der Waals surface area contributed by atoms with Crippen molar-refractivity contribution in [1.82, 2.24) is 0 Å². The zero-order chi connectivity index (χ0) is 31.5. The Hall–Kier alpha value is -4.48. The average molecular weight is 614 g/mol. The first-order valence-corrected chi connectivity index (χ1v) is 12.5. The first kappa shape index (κ1) is 31.5. The fourth-order valence-electron chi connectivity index (χ4n) is 4.21. The molecule has 0 unspecified atom stereocenters. The Kier molecular flexibility index (Phi) is 9.07. The molecule has 0 heterocycles. The number of halogens is 10. The smallest absolute Gasteiger partial charge is 0.429 e. The van der Waals surface area contributed by atoms with Crippen LogP contribution in [0.25, 0.3) is 22.3 Å². The molecular weight excluding hydrogens is 594 g/mol. The van der Waals surface area contributed by atoms with Crippen molar-refractivity contribution in [2.24, 2.45) is 0 Å². The first-order valence-electron chi connectivity index (χ1n) is 12.5. The molecule has 0 fully saturated rings. The zero-order valence-corrected chi connectivity index (χ0v) is 22.0. The Labute approximate surface area is 238 Å². The van der Waals surface area contributed by atoms with Crippen LogP contribution in [0.5, 0.6) is 11.5 Å². The lowest BCUT2D eigenvalue weighted by Crippen LogP contribution is -2.26. The van der Waals surface area contributed by atoms with Gasteiger partial charge in [-0.15, -0.1) is 0 Å². The van der Waals surface area contributed by atoms with E-state index >= 15 is 0 Å². The lowest BCUT2D eigenvalue weighted by molar-refractivity contribution is -0.189. The van der Waals surface area contributed by atoms with Gasteiger partial charge in [0, 0.05) is 12.1 Å². The number of aryl methyl sites for hydroxylation is 1. The van der Waals surface area contributed by atoms with Crippen molar-refractivity contribution >= 4 is 0 Å². The molecular formula is C31H20F10O2. The molecule has 0 amide bonds. The van der Waals surface area contributed by atoms with Crippen LogP contribution in [-0.2, 0) is 12.5 Å². The Morgan fingerprint density at radius 2 is 1.12 bits per heavy atom. The average Bonchev–Trinajstić information content (AvgIpc) is 2.90. The highest BCUT2D eigenvalue weighted by Gasteiger charge is 2.42. The number of hydrogen-bond acceptors (Lipinski definition) is 2. The van der Waals surface area contributed by atoms with Gasteiger partial charge in [0.15, 0.2) is 17.4 Å². The summed E-state index contributed by atoms with van der Waals surface area (Å²) >= 11 is 0. The molecule has 43 heavy (non-hydrogen) atoms. The highest BCUT2D eigenvalue weighted by atomic mass is 19.3. The number of benzene rings is 4. The topological polar surface area (TPSA) is 18.5 Å². The second-order valence-corrected chi connectivity index (χ2v) is 9.27. The molecule has 0 spiro atoms. The molecule has 226 valence electrons. The van der Waals surface area contributed by atoms with Crippen LogP contribution in [0.1, 0.15) is 24.5 Å². The van der Waals surface area contributed by atoms with Crippen molar-refractivity contribution in [3.63, 3.8) is 0 Å². The predicted molar refractivity (Wildman–Crippen MR) is 138 cm³/mol. The van der Waals surface area contributed by atoms with E-state index in [1.165, 1.54) is 17.7 Å². The van der Waals surface area contributed by atoms with Crippen molar-refractivity contribution in [2.75, 3.05) is 0 Å². The van der Waals surface area contributed by atoms with Crippen molar-refractivity contribution in [3.8, 4) is 33.8 Å². The van der Waals surface area contributed by atoms with Crippen LogP contribution in [0, 0.1) is 23.3 Å². The van der Waals surface area contributed by atoms with Crippen molar-refractivity contribution in [3.05, 3.63) is 119 Å². The van der Waals surface area contributed by atoms with E-state index < -0.39 is 64.7 Å². The lowest BCUT2D eigenvalue weighted by atomic mass is 9.98. The second kappa shape index (κ2) is 12.4. The van der Waals surface area contributed by atoms with E-state index in [2.05, 4.69) is 16.4 Å². The summed E-state index contributed by atoms with van der Waals surface area (Å²) in [4.78, 5) is 0. The maximum atomic E-state index is 14.8. The summed E-state index contributed by atoms with van der Waals surface area (Å²) in [5.74, 6) is -10.9. The van der Waals surface area contributed by atoms with E-state index in [1.807, 2.05) is 24.3 Å². The van der Waals surface area contributed by atoms with Crippen LogP contribution < -0.4 is 9.47 Å². The van der Waals surface area contributed by atoms with E-state index in [9.17, 15) is 43.9 Å². The van der Waals surface area contributed by atoms with Gasteiger partial charge in [0.25, 0.3) is 6.08 Å².